The Balaban J connectivity index is 1.75. The number of nitrogen functional groups attached to an aromatic ring is 1. The number of anilines is 1. The van der Waals surface area contributed by atoms with Gasteiger partial charge in [0.2, 0.25) is 0 Å². The van der Waals surface area contributed by atoms with Gasteiger partial charge in [-0.05, 0) is 49.4 Å². The number of benzene rings is 1. The van der Waals surface area contributed by atoms with Crippen molar-refractivity contribution >= 4 is 40.2 Å². The molecule has 0 atom stereocenters. The molecule has 1 saturated carbocycles. The van der Waals surface area contributed by atoms with Crippen LogP contribution in [0.5, 0.6) is 0 Å². The molecule has 1 aromatic carbocycles. The maximum atomic E-state index is 12.3. The highest BCUT2D eigenvalue weighted by molar-refractivity contribution is 7.18. The Hall–Kier alpha value is -1.85. The van der Waals surface area contributed by atoms with Crippen LogP contribution in [-0.2, 0) is 0 Å². The SMILES string of the molecule is Nc1cc(-c2ccc(Cl)cc2)sc1C(=O)NN=C1CCCCC1. The number of nitrogens with two attached hydrogens (primary N) is 1. The minimum atomic E-state index is -0.245. The van der Waals surface area contributed by atoms with Crippen LogP contribution in [0.4, 0.5) is 5.69 Å². The van der Waals surface area contributed by atoms with Crippen molar-refractivity contribution in [3.05, 3.63) is 40.2 Å². The highest BCUT2D eigenvalue weighted by Gasteiger charge is 2.16. The van der Waals surface area contributed by atoms with E-state index in [0.717, 1.165) is 41.8 Å². The predicted octanol–water partition coefficient (Wildman–Crippen LogP) is 4.70. The molecule has 0 aliphatic heterocycles. The van der Waals surface area contributed by atoms with E-state index >= 15 is 0 Å². The van der Waals surface area contributed by atoms with Gasteiger partial charge in [-0.25, -0.2) is 5.43 Å². The van der Waals surface area contributed by atoms with Gasteiger partial charge < -0.3 is 5.73 Å². The van der Waals surface area contributed by atoms with Gasteiger partial charge in [0.25, 0.3) is 5.91 Å². The molecule has 0 saturated heterocycles. The molecule has 1 aliphatic carbocycles. The van der Waals surface area contributed by atoms with Crippen LogP contribution in [-0.4, -0.2) is 11.6 Å². The third-order valence-corrected chi connectivity index (χ3v) is 5.29. The number of hydrogen-bond acceptors (Lipinski definition) is 4. The molecular formula is C17H18ClN3OS. The predicted molar refractivity (Wildman–Crippen MR) is 97.2 cm³/mol. The summed E-state index contributed by atoms with van der Waals surface area (Å²) in [5.41, 5.74) is 11.2. The van der Waals surface area contributed by atoms with E-state index in [9.17, 15) is 4.79 Å². The number of carbonyl (C=O) groups is 1. The van der Waals surface area contributed by atoms with Crippen molar-refractivity contribution in [3.8, 4) is 10.4 Å². The molecule has 0 spiro atoms. The highest BCUT2D eigenvalue weighted by Crippen LogP contribution is 2.33. The molecule has 1 heterocycles. The molecule has 0 unspecified atom stereocenters. The van der Waals surface area contributed by atoms with Gasteiger partial charge in [-0.15, -0.1) is 11.3 Å². The van der Waals surface area contributed by atoms with Crippen LogP contribution in [0.1, 0.15) is 41.8 Å². The first-order valence-corrected chi connectivity index (χ1v) is 8.84. The van der Waals surface area contributed by atoms with E-state index in [2.05, 4.69) is 10.5 Å². The summed E-state index contributed by atoms with van der Waals surface area (Å²) in [6, 6.07) is 9.29. The number of rotatable bonds is 3. The van der Waals surface area contributed by atoms with Gasteiger partial charge in [-0.2, -0.15) is 5.10 Å². The van der Waals surface area contributed by atoms with Crippen molar-refractivity contribution in [2.75, 3.05) is 5.73 Å². The Kier molecular flexibility index (Phi) is 4.98. The van der Waals surface area contributed by atoms with E-state index in [-0.39, 0.29) is 5.91 Å². The average Bonchev–Trinajstić information content (AvgIpc) is 2.96. The second-order valence-electron chi connectivity index (χ2n) is 5.58. The molecule has 0 bridgehead atoms. The fourth-order valence-corrected chi connectivity index (χ4v) is 3.69. The number of nitrogens with one attached hydrogen (secondary N) is 1. The van der Waals surface area contributed by atoms with E-state index in [1.807, 2.05) is 30.3 Å². The standard InChI is InChI=1S/C17H18ClN3OS/c18-12-8-6-11(7-9-12)15-10-14(19)16(23-15)17(22)21-20-13-4-2-1-3-5-13/h6-10H,1-5,19H2,(H,21,22). The zero-order valence-electron chi connectivity index (χ0n) is 12.6. The minimum Gasteiger partial charge on any atom is -0.397 e. The number of amides is 1. The molecule has 23 heavy (non-hydrogen) atoms. The third kappa shape index (κ3) is 3.92. The Labute approximate surface area is 144 Å². The minimum absolute atomic E-state index is 0.245. The van der Waals surface area contributed by atoms with Crippen LogP contribution >= 0.6 is 22.9 Å². The number of nitrogens with zero attached hydrogens (tertiary/aromatic N) is 1. The third-order valence-electron chi connectivity index (χ3n) is 3.84. The summed E-state index contributed by atoms with van der Waals surface area (Å²) in [7, 11) is 0. The van der Waals surface area contributed by atoms with Gasteiger partial charge in [0.1, 0.15) is 4.88 Å². The monoisotopic (exact) mass is 347 g/mol. The van der Waals surface area contributed by atoms with Gasteiger partial charge in [0.05, 0.1) is 5.69 Å². The lowest BCUT2D eigenvalue weighted by Gasteiger charge is -2.11. The van der Waals surface area contributed by atoms with Crippen LogP contribution in [0.3, 0.4) is 0 Å². The summed E-state index contributed by atoms with van der Waals surface area (Å²) in [6.45, 7) is 0. The van der Waals surface area contributed by atoms with Crippen molar-refractivity contribution in [1.82, 2.24) is 5.43 Å². The summed E-state index contributed by atoms with van der Waals surface area (Å²) in [5, 5.41) is 4.93. The summed E-state index contributed by atoms with van der Waals surface area (Å²) >= 11 is 7.26. The number of halogens is 1. The molecule has 1 fully saturated rings. The second-order valence-corrected chi connectivity index (χ2v) is 7.07. The molecular weight excluding hydrogens is 330 g/mol. The molecule has 3 N–H and O–H groups in total. The normalized spacial score (nSPS) is 14.6. The fraction of sp³-hybridized carbons (Fsp3) is 0.294. The molecule has 6 heteroatoms. The van der Waals surface area contributed by atoms with E-state index in [1.165, 1.54) is 17.8 Å². The molecule has 4 nitrogen and oxygen atoms in total. The second kappa shape index (κ2) is 7.15. The first-order valence-electron chi connectivity index (χ1n) is 7.64. The van der Waals surface area contributed by atoms with E-state index in [1.54, 1.807) is 0 Å². The van der Waals surface area contributed by atoms with Crippen LogP contribution in [0, 0.1) is 0 Å². The lowest BCUT2D eigenvalue weighted by Crippen LogP contribution is -2.20. The maximum absolute atomic E-state index is 12.3. The Morgan fingerprint density at radius 1 is 1.17 bits per heavy atom. The smallest absolute Gasteiger partial charge is 0.283 e. The van der Waals surface area contributed by atoms with Gasteiger partial charge in [0, 0.05) is 15.6 Å². The van der Waals surface area contributed by atoms with Gasteiger partial charge in [0.15, 0.2) is 0 Å². The van der Waals surface area contributed by atoms with Crippen molar-refractivity contribution in [2.45, 2.75) is 32.1 Å². The first kappa shape index (κ1) is 16.0. The molecule has 3 rings (SSSR count). The average molecular weight is 348 g/mol. The quantitative estimate of drug-likeness (QED) is 0.790. The van der Waals surface area contributed by atoms with Crippen molar-refractivity contribution in [1.29, 1.82) is 0 Å². The van der Waals surface area contributed by atoms with E-state index in [4.69, 9.17) is 17.3 Å². The number of carbonyl (C=O) groups excluding carboxylic acids is 1. The fourth-order valence-electron chi connectivity index (χ4n) is 2.59. The number of thiophene rings is 1. The lowest BCUT2D eigenvalue weighted by molar-refractivity contribution is 0.0959. The van der Waals surface area contributed by atoms with E-state index in [0.29, 0.717) is 15.6 Å². The van der Waals surface area contributed by atoms with Gasteiger partial charge in [-0.3, -0.25) is 4.79 Å². The molecule has 2 aromatic rings. The molecule has 0 radical (unpaired) electrons. The van der Waals surface area contributed by atoms with Crippen molar-refractivity contribution in [2.24, 2.45) is 5.10 Å². The zero-order valence-corrected chi connectivity index (χ0v) is 14.2. The van der Waals surface area contributed by atoms with E-state index < -0.39 is 0 Å². The summed E-state index contributed by atoms with van der Waals surface area (Å²) in [5.74, 6) is -0.245. The van der Waals surface area contributed by atoms with Gasteiger partial charge >= 0.3 is 0 Å². The molecule has 120 valence electrons. The zero-order chi connectivity index (χ0) is 16.2. The summed E-state index contributed by atoms with van der Waals surface area (Å²) < 4.78 is 0. The lowest BCUT2D eigenvalue weighted by atomic mass is 9.99. The first-order chi connectivity index (χ1) is 11.1. The molecule has 1 aromatic heterocycles. The van der Waals surface area contributed by atoms with Crippen molar-refractivity contribution in [3.63, 3.8) is 0 Å². The number of hydrazone groups is 1. The Morgan fingerprint density at radius 3 is 2.57 bits per heavy atom. The van der Waals surface area contributed by atoms with Crippen molar-refractivity contribution < 1.29 is 4.79 Å². The summed E-state index contributed by atoms with van der Waals surface area (Å²) in [6.07, 6.45) is 5.48. The topological polar surface area (TPSA) is 67.5 Å². The van der Waals surface area contributed by atoms with Crippen LogP contribution < -0.4 is 11.2 Å². The highest BCUT2D eigenvalue weighted by atomic mass is 35.5. The Morgan fingerprint density at radius 2 is 1.87 bits per heavy atom. The molecule has 1 aliphatic rings. The molecule has 1 amide bonds. The number of hydrogen-bond donors (Lipinski definition) is 2. The van der Waals surface area contributed by atoms with Crippen LogP contribution in [0.25, 0.3) is 10.4 Å². The largest absolute Gasteiger partial charge is 0.397 e. The van der Waals surface area contributed by atoms with Crippen LogP contribution in [0.15, 0.2) is 35.4 Å². The maximum Gasteiger partial charge on any atom is 0.283 e. The van der Waals surface area contributed by atoms with Crippen LogP contribution in [0.2, 0.25) is 5.02 Å². The Bertz CT molecular complexity index is 729. The van der Waals surface area contributed by atoms with Gasteiger partial charge in [-0.1, -0.05) is 30.2 Å². The summed E-state index contributed by atoms with van der Waals surface area (Å²) in [4.78, 5) is 13.7.